The van der Waals surface area contributed by atoms with Crippen LogP contribution in [0.3, 0.4) is 0 Å². The third-order valence-electron chi connectivity index (χ3n) is 5.42. The number of benzene rings is 2. The summed E-state index contributed by atoms with van der Waals surface area (Å²) in [6.45, 7) is 1.80. The van der Waals surface area contributed by atoms with E-state index in [0.717, 1.165) is 42.2 Å². The lowest BCUT2D eigenvalue weighted by Gasteiger charge is -2.17. The van der Waals surface area contributed by atoms with Gasteiger partial charge in [-0.15, -0.1) is 0 Å². The molecule has 4 rings (SSSR count). The summed E-state index contributed by atoms with van der Waals surface area (Å²) < 4.78 is 7.40. The highest BCUT2D eigenvalue weighted by Crippen LogP contribution is 2.34. The average molecular weight is 453 g/mol. The number of nitro benzene ring substituents is 1. The van der Waals surface area contributed by atoms with Crippen LogP contribution in [0.15, 0.2) is 53.7 Å². The van der Waals surface area contributed by atoms with E-state index >= 15 is 0 Å². The molecule has 1 unspecified atom stereocenters. The summed E-state index contributed by atoms with van der Waals surface area (Å²) in [7, 11) is 1.45. The summed E-state index contributed by atoms with van der Waals surface area (Å²) >= 11 is 1.37. The van der Waals surface area contributed by atoms with Crippen LogP contribution in [-0.4, -0.2) is 32.7 Å². The second-order valence-electron chi connectivity index (χ2n) is 7.56. The van der Waals surface area contributed by atoms with Gasteiger partial charge in [-0.3, -0.25) is 19.5 Å². The Hall–Kier alpha value is -3.33. The molecule has 0 bridgehead atoms. The van der Waals surface area contributed by atoms with Crippen LogP contribution in [0.25, 0.3) is 5.69 Å². The van der Waals surface area contributed by atoms with Crippen LogP contribution in [0.5, 0.6) is 5.75 Å². The highest BCUT2D eigenvalue weighted by molar-refractivity contribution is 8.00. The maximum absolute atomic E-state index is 13.0. The Morgan fingerprint density at radius 1 is 1.22 bits per heavy atom. The number of para-hydroxylation sites is 1. The summed E-state index contributed by atoms with van der Waals surface area (Å²) in [5.41, 5.74) is 3.48. The number of thioether (sulfide) groups is 1. The van der Waals surface area contributed by atoms with Gasteiger partial charge >= 0.3 is 0 Å². The van der Waals surface area contributed by atoms with Gasteiger partial charge in [0.05, 0.1) is 28.7 Å². The smallest absolute Gasteiger partial charge is 0.271 e. The Labute approximate surface area is 190 Å². The number of hydrogen-bond donors (Lipinski definition) is 1. The number of nitro groups is 1. The summed E-state index contributed by atoms with van der Waals surface area (Å²) in [6.07, 6.45) is 4.14. The zero-order chi connectivity index (χ0) is 22.7. The van der Waals surface area contributed by atoms with E-state index < -0.39 is 10.2 Å². The quantitative estimate of drug-likeness (QED) is 0.314. The SMILES string of the molecule is COc1ccc([N+](=O)[O-])cc1NC(=O)C(C)Sc1nc2c(n1-c1ccccc1)CCCC2. The van der Waals surface area contributed by atoms with Crippen molar-refractivity contribution in [1.82, 2.24) is 9.55 Å². The van der Waals surface area contributed by atoms with Gasteiger partial charge in [0, 0.05) is 23.5 Å². The number of fused-ring (bicyclic) bond motifs is 1. The fourth-order valence-corrected chi connectivity index (χ4v) is 4.76. The number of ether oxygens (including phenoxy) is 1. The van der Waals surface area contributed by atoms with Crippen molar-refractivity contribution in [3.63, 3.8) is 0 Å². The molecular weight excluding hydrogens is 428 g/mol. The minimum absolute atomic E-state index is 0.117. The molecule has 3 aromatic rings. The second-order valence-corrected chi connectivity index (χ2v) is 8.86. The number of aryl methyl sites for hydroxylation is 1. The number of rotatable bonds is 7. The standard InChI is InChI=1S/C23H24N4O4S/c1-15(22(28)24-19-14-17(27(29)30)12-13-21(19)31-2)32-23-25-18-10-6-7-11-20(18)26(23)16-8-4-3-5-9-16/h3-5,8-9,12-15H,6-7,10-11H2,1-2H3,(H,24,28). The molecule has 0 fully saturated rings. The van der Waals surface area contributed by atoms with E-state index in [9.17, 15) is 14.9 Å². The van der Waals surface area contributed by atoms with E-state index in [1.165, 1.54) is 42.8 Å². The fourth-order valence-electron chi connectivity index (χ4n) is 3.79. The molecule has 0 spiro atoms. The molecule has 0 radical (unpaired) electrons. The van der Waals surface area contributed by atoms with Crippen LogP contribution in [0.1, 0.15) is 31.2 Å². The first kappa shape index (κ1) is 21.9. The van der Waals surface area contributed by atoms with Crippen molar-refractivity contribution >= 4 is 29.0 Å². The van der Waals surface area contributed by atoms with Crippen LogP contribution in [0.4, 0.5) is 11.4 Å². The van der Waals surface area contributed by atoms with E-state index in [1.54, 1.807) is 6.92 Å². The largest absolute Gasteiger partial charge is 0.495 e. The number of nitrogens with one attached hydrogen (secondary N) is 1. The Morgan fingerprint density at radius 2 is 1.97 bits per heavy atom. The van der Waals surface area contributed by atoms with Gasteiger partial charge in [0.15, 0.2) is 5.16 Å². The first-order valence-corrected chi connectivity index (χ1v) is 11.3. The first-order valence-electron chi connectivity index (χ1n) is 10.4. The molecule has 1 aromatic heterocycles. The molecule has 1 N–H and O–H groups in total. The molecule has 1 aliphatic carbocycles. The highest BCUT2D eigenvalue weighted by Gasteiger charge is 2.25. The highest BCUT2D eigenvalue weighted by atomic mass is 32.2. The number of methoxy groups -OCH3 is 1. The number of anilines is 1. The van der Waals surface area contributed by atoms with E-state index in [2.05, 4.69) is 9.88 Å². The normalized spacial score (nSPS) is 13.8. The molecule has 1 aliphatic rings. The molecule has 1 atom stereocenters. The van der Waals surface area contributed by atoms with E-state index in [4.69, 9.17) is 9.72 Å². The number of imidazole rings is 1. The van der Waals surface area contributed by atoms with Crippen molar-refractivity contribution in [3.05, 3.63) is 70.0 Å². The van der Waals surface area contributed by atoms with Gasteiger partial charge in [-0.1, -0.05) is 30.0 Å². The van der Waals surface area contributed by atoms with Crippen molar-refractivity contribution in [1.29, 1.82) is 0 Å². The number of hydrogen-bond acceptors (Lipinski definition) is 6. The minimum atomic E-state index is -0.505. The lowest BCUT2D eigenvalue weighted by molar-refractivity contribution is -0.384. The fraction of sp³-hybridized carbons (Fsp3) is 0.304. The van der Waals surface area contributed by atoms with Gasteiger partial charge in [-0.05, 0) is 50.8 Å². The molecule has 8 nitrogen and oxygen atoms in total. The lowest BCUT2D eigenvalue weighted by atomic mass is 10.0. The third-order valence-corrected chi connectivity index (χ3v) is 6.47. The summed E-state index contributed by atoms with van der Waals surface area (Å²) in [4.78, 5) is 28.4. The third kappa shape index (κ3) is 4.47. The van der Waals surface area contributed by atoms with Gasteiger partial charge in [0.1, 0.15) is 5.75 Å². The van der Waals surface area contributed by atoms with Gasteiger partial charge in [0.2, 0.25) is 5.91 Å². The summed E-state index contributed by atoms with van der Waals surface area (Å²) in [5.74, 6) is 0.0804. The van der Waals surface area contributed by atoms with Crippen LogP contribution in [0.2, 0.25) is 0 Å². The molecule has 9 heteroatoms. The molecule has 0 saturated heterocycles. The summed E-state index contributed by atoms with van der Waals surface area (Å²) in [6, 6.07) is 14.2. The van der Waals surface area contributed by atoms with Gasteiger partial charge in [-0.25, -0.2) is 4.98 Å². The van der Waals surface area contributed by atoms with Crippen LogP contribution >= 0.6 is 11.8 Å². The molecule has 1 amide bonds. The minimum Gasteiger partial charge on any atom is -0.495 e. The molecule has 2 aromatic carbocycles. The van der Waals surface area contributed by atoms with Crippen LogP contribution < -0.4 is 10.1 Å². The van der Waals surface area contributed by atoms with E-state index in [1.807, 2.05) is 30.3 Å². The number of carbonyl (C=O) groups is 1. The van der Waals surface area contributed by atoms with Crippen molar-refractivity contribution in [2.24, 2.45) is 0 Å². The molecule has 1 heterocycles. The second kappa shape index (κ2) is 9.44. The number of carbonyl (C=O) groups excluding carboxylic acids is 1. The summed E-state index contributed by atoms with van der Waals surface area (Å²) in [5, 5.41) is 14.2. The molecular formula is C23H24N4O4S. The predicted octanol–water partition coefficient (Wildman–Crippen LogP) is 4.79. The molecule has 32 heavy (non-hydrogen) atoms. The van der Waals surface area contributed by atoms with Crippen LogP contribution in [-0.2, 0) is 17.6 Å². The Bertz CT molecular complexity index is 1150. The number of aromatic nitrogens is 2. The van der Waals surface area contributed by atoms with E-state index in [-0.39, 0.29) is 17.3 Å². The molecule has 0 saturated carbocycles. The van der Waals surface area contributed by atoms with Gasteiger partial charge in [-0.2, -0.15) is 0 Å². The molecule has 0 aliphatic heterocycles. The zero-order valence-corrected chi connectivity index (χ0v) is 18.7. The average Bonchev–Trinajstić information content (AvgIpc) is 3.17. The van der Waals surface area contributed by atoms with Crippen molar-refractivity contribution in [2.75, 3.05) is 12.4 Å². The van der Waals surface area contributed by atoms with E-state index in [0.29, 0.717) is 5.75 Å². The Kier molecular flexibility index (Phi) is 6.45. The lowest BCUT2D eigenvalue weighted by Crippen LogP contribution is -2.23. The maximum Gasteiger partial charge on any atom is 0.271 e. The van der Waals surface area contributed by atoms with Crippen molar-refractivity contribution in [3.8, 4) is 11.4 Å². The number of amides is 1. The monoisotopic (exact) mass is 452 g/mol. The van der Waals surface area contributed by atoms with Gasteiger partial charge < -0.3 is 10.1 Å². The van der Waals surface area contributed by atoms with Gasteiger partial charge in [0.25, 0.3) is 5.69 Å². The molecule has 166 valence electrons. The first-order chi connectivity index (χ1) is 15.5. The maximum atomic E-state index is 13.0. The van der Waals surface area contributed by atoms with Crippen molar-refractivity contribution in [2.45, 2.75) is 43.0 Å². The number of non-ortho nitro benzene ring substituents is 1. The zero-order valence-electron chi connectivity index (χ0n) is 17.9. The number of nitrogens with zero attached hydrogens (tertiary/aromatic N) is 3. The Balaban J connectivity index is 1.59. The predicted molar refractivity (Wildman–Crippen MR) is 124 cm³/mol. The van der Waals surface area contributed by atoms with Crippen LogP contribution in [0, 0.1) is 10.1 Å². The topological polar surface area (TPSA) is 99.3 Å². The van der Waals surface area contributed by atoms with Crippen molar-refractivity contribution < 1.29 is 14.5 Å². The Morgan fingerprint density at radius 3 is 2.69 bits per heavy atom.